The van der Waals surface area contributed by atoms with Crippen LogP contribution in [0, 0.1) is 10.1 Å². The summed E-state index contributed by atoms with van der Waals surface area (Å²) in [4.78, 5) is 17.4. The molecule has 1 aromatic heterocycles. The largest absolute Gasteiger partial charge is 0.350 e. The third kappa shape index (κ3) is 3.13. The first-order chi connectivity index (χ1) is 7.17. The van der Waals surface area contributed by atoms with Gasteiger partial charge in [0.05, 0.1) is 4.92 Å². The second-order valence-electron chi connectivity index (χ2n) is 3.01. The van der Waals surface area contributed by atoms with Crippen LogP contribution in [0.4, 0.5) is 11.6 Å². The van der Waals surface area contributed by atoms with Gasteiger partial charge in [-0.15, -0.1) is 0 Å². The third-order valence-corrected chi connectivity index (χ3v) is 1.96. The van der Waals surface area contributed by atoms with E-state index in [4.69, 9.17) is 5.73 Å². The monoisotopic (exact) mass is 211 g/mol. The van der Waals surface area contributed by atoms with E-state index in [0.29, 0.717) is 12.5 Å². The van der Waals surface area contributed by atoms with Gasteiger partial charge in [0.15, 0.2) is 0 Å². The van der Waals surface area contributed by atoms with Crippen molar-refractivity contribution in [1.82, 2.24) is 9.97 Å². The molecule has 0 aliphatic rings. The molecule has 0 aliphatic carbocycles. The maximum atomic E-state index is 10.3. The summed E-state index contributed by atoms with van der Waals surface area (Å²) >= 11 is 0. The Balaban J connectivity index is 2.67. The predicted molar refractivity (Wildman–Crippen MR) is 55.4 cm³/mol. The van der Waals surface area contributed by atoms with Gasteiger partial charge in [-0.25, -0.2) is 9.97 Å². The Morgan fingerprint density at radius 2 is 2.20 bits per heavy atom. The molecule has 0 fully saturated rings. The summed E-state index contributed by atoms with van der Waals surface area (Å²) in [5.74, 6) is 0.359. The lowest BCUT2D eigenvalue weighted by Crippen LogP contribution is -2.28. The number of hydrogen-bond donors (Lipinski definition) is 2. The second-order valence-corrected chi connectivity index (χ2v) is 3.01. The summed E-state index contributed by atoms with van der Waals surface area (Å²) < 4.78 is 0. The SMILES string of the molecule is CCC(CN)Nc1ncc([N+](=O)[O-])cn1. The van der Waals surface area contributed by atoms with E-state index >= 15 is 0 Å². The number of hydrogen-bond acceptors (Lipinski definition) is 6. The van der Waals surface area contributed by atoms with Gasteiger partial charge in [0.2, 0.25) is 5.95 Å². The molecule has 0 aliphatic heterocycles. The lowest BCUT2D eigenvalue weighted by atomic mass is 10.2. The van der Waals surface area contributed by atoms with E-state index in [2.05, 4.69) is 15.3 Å². The van der Waals surface area contributed by atoms with Crippen molar-refractivity contribution in [2.75, 3.05) is 11.9 Å². The van der Waals surface area contributed by atoms with Crippen LogP contribution in [0.1, 0.15) is 13.3 Å². The maximum absolute atomic E-state index is 10.3. The standard InChI is InChI=1S/C8H13N5O2/c1-2-6(3-9)12-8-10-4-7(5-11-8)13(14)15/h4-6H,2-3,9H2,1H3,(H,10,11,12). The van der Waals surface area contributed by atoms with Crippen molar-refractivity contribution in [3.05, 3.63) is 22.5 Å². The van der Waals surface area contributed by atoms with E-state index in [-0.39, 0.29) is 11.7 Å². The minimum Gasteiger partial charge on any atom is -0.350 e. The highest BCUT2D eigenvalue weighted by molar-refractivity contribution is 5.31. The van der Waals surface area contributed by atoms with Crippen molar-refractivity contribution in [2.24, 2.45) is 5.73 Å². The van der Waals surface area contributed by atoms with Crippen molar-refractivity contribution in [3.8, 4) is 0 Å². The lowest BCUT2D eigenvalue weighted by molar-refractivity contribution is -0.385. The Morgan fingerprint density at radius 1 is 1.60 bits per heavy atom. The van der Waals surface area contributed by atoms with Crippen LogP contribution in [-0.2, 0) is 0 Å². The van der Waals surface area contributed by atoms with Crippen LogP contribution in [0.2, 0.25) is 0 Å². The lowest BCUT2D eigenvalue weighted by Gasteiger charge is -2.13. The minimum atomic E-state index is -0.538. The molecular weight excluding hydrogens is 198 g/mol. The number of nitro groups is 1. The summed E-state index contributed by atoms with van der Waals surface area (Å²) in [6.07, 6.45) is 3.17. The molecule has 0 bridgehead atoms. The number of nitrogens with zero attached hydrogens (tertiary/aromatic N) is 3. The first kappa shape index (κ1) is 11.3. The van der Waals surface area contributed by atoms with Crippen molar-refractivity contribution in [1.29, 1.82) is 0 Å². The molecule has 1 unspecified atom stereocenters. The quantitative estimate of drug-likeness (QED) is 0.543. The molecule has 1 aromatic rings. The van der Waals surface area contributed by atoms with E-state index in [0.717, 1.165) is 6.42 Å². The molecule has 0 radical (unpaired) electrons. The highest BCUT2D eigenvalue weighted by Gasteiger charge is 2.08. The molecule has 1 rings (SSSR count). The van der Waals surface area contributed by atoms with Crippen LogP contribution >= 0.6 is 0 Å². The third-order valence-electron chi connectivity index (χ3n) is 1.96. The minimum absolute atomic E-state index is 0.0893. The summed E-state index contributed by atoms with van der Waals surface area (Å²) in [6, 6.07) is 0.0893. The first-order valence-electron chi connectivity index (χ1n) is 4.60. The van der Waals surface area contributed by atoms with Crippen LogP contribution in [0.15, 0.2) is 12.4 Å². The average molecular weight is 211 g/mol. The van der Waals surface area contributed by atoms with Crippen LogP contribution in [-0.4, -0.2) is 27.5 Å². The van der Waals surface area contributed by atoms with E-state index < -0.39 is 4.92 Å². The van der Waals surface area contributed by atoms with Gasteiger partial charge in [0, 0.05) is 12.6 Å². The summed E-state index contributed by atoms with van der Waals surface area (Å²) in [6.45, 7) is 2.45. The zero-order valence-electron chi connectivity index (χ0n) is 8.38. The Kier molecular flexibility index (Phi) is 3.92. The molecular formula is C8H13N5O2. The highest BCUT2D eigenvalue weighted by atomic mass is 16.6. The van der Waals surface area contributed by atoms with Crippen LogP contribution in [0.5, 0.6) is 0 Å². The molecule has 0 saturated carbocycles. The average Bonchev–Trinajstić information content (AvgIpc) is 2.26. The fourth-order valence-corrected chi connectivity index (χ4v) is 1.00. The van der Waals surface area contributed by atoms with Gasteiger partial charge in [-0.05, 0) is 6.42 Å². The van der Waals surface area contributed by atoms with Crippen molar-refractivity contribution >= 4 is 11.6 Å². The molecule has 3 N–H and O–H groups in total. The van der Waals surface area contributed by atoms with E-state index in [1.807, 2.05) is 6.92 Å². The smallest absolute Gasteiger partial charge is 0.305 e. The van der Waals surface area contributed by atoms with E-state index in [9.17, 15) is 10.1 Å². The normalized spacial score (nSPS) is 12.1. The Morgan fingerprint density at radius 3 is 2.60 bits per heavy atom. The van der Waals surface area contributed by atoms with E-state index in [1.165, 1.54) is 12.4 Å². The first-order valence-corrected chi connectivity index (χ1v) is 4.60. The van der Waals surface area contributed by atoms with Gasteiger partial charge in [-0.3, -0.25) is 10.1 Å². The maximum Gasteiger partial charge on any atom is 0.305 e. The number of nitrogens with one attached hydrogen (secondary N) is 1. The molecule has 15 heavy (non-hydrogen) atoms. The Bertz CT molecular complexity index is 322. The summed E-state index contributed by atoms with van der Waals surface area (Å²) in [5.41, 5.74) is 5.36. The molecule has 1 heterocycles. The Labute approximate surface area is 86.9 Å². The molecule has 7 heteroatoms. The molecule has 0 amide bonds. The zero-order valence-corrected chi connectivity index (χ0v) is 8.38. The highest BCUT2D eigenvalue weighted by Crippen LogP contribution is 2.09. The zero-order chi connectivity index (χ0) is 11.3. The Hall–Kier alpha value is -1.76. The summed E-state index contributed by atoms with van der Waals surface area (Å²) in [7, 11) is 0. The number of aromatic nitrogens is 2. The van der Waals surface area contributed by atoms with Crippen molar-refractivity contribution in [2.45, 2.75) is 19.4 Å². The second kappa shape index (κ2) is 5.20. The van der Waals surface area contributed by atoms with Gasteiger partial charge < -0.3 is 11.1 Å². The molecule has 0 aromatic carbocycles. The van der Waals surface area contributed by atoms with E-state index in [1.54, 1.807) is 0 Å². The van der Waals surface area contributed by atoms with Crippen LogP contribution < -0.4 is 11.1 Å². The van der Waals surface area contributed by atoms with Crippen LogP contribution in [0.3, 0.4) is 0 Å². The van der Waals surface area contributed by atoms with Gasteiger partial charge >= 0.3 is 5.69 Å². The van der Waals surface area contributed by atoms with Crippen LogP contribution in [0.25, 0.3) is 0 Å². The van der Waals surface area contributed by atoms with Gasteiger partial charge in [0.1, 0.15) is 12.4 Å². The summed E-state index contributed by atoms with van der Waals surface area (Å²) in [5, 5.41) is 13.3. The van der Waals surface area contributed by atoms with Gasteiger partial charge in [0.25, 0.3) is 0 Å². The van der Waals surface area contributed by atoms with Crippen molar-refractivity contribution < 1.29 is 4.92 Å². The van der Waals surface area contributed by atoms with Crippen molar-refractivity contribution in [3.63, 3.8) is 0 Å². The molecule has 7 nitrogen and oxygen atoms in total. The van der Waals surface area contributed by atoms with Gasteiger partial charge in [-0.2, -0.15) is 0 Å². The molecule has 82 valence electrons. The molecule has 0 spiro atoms. The number of nitrogens with two attached hydrogens (primary N) is 1. The number of anilines is 1. The fraction of sp³-hybridized carbons (Fsp3) is 0.500. The fourth-order valence-electron chi connectivity index (χ4n) is 1.00. The number of rotatable bonds is 5. The van der Waals surface area contributed by atoms with Gasteiger partial charge in [-0.1, -0.05) is 6.92 Å². The molecule has 0 saturated heterocycles. The topological polar surface area (TPSA) is 107 Å². The predicted octanol–water partition coefficient (Wildman–Crippen LogP) is 0.534. The molecule has 1 atom stereocenters.